The van der Waals surface area contributed by atoms with Crippen molar-refractivity contribution in [2.24, 2.45) is 0 Å². The monoisotopic (exact) mass is 273 g/mol. The third kappa shape index (κ3) is 5.47. The number of halogens is 2. The molecule has 1 rings (SSSR count). The van der Waals surface area contributed by atoms with E-state index in [0.29, 0.717) is 18.9 Å². The maximum Gasteiger partial charge on any atom is 0.224 e. The second-order valence-corrected chi connectivity index (χ2v) is 4.31. The first-order valence-electron chi connectivity index (χ1n) is 5.74. The molecule has 0 aliphatic carbocycles. The summed E-state index contributed by atoms with van der Waals surface area (Å²) in [6.45, 7) is 0.550. The Morgan fingerprint density at radius 2 is 2.11 bits per heavy atom. The van der Waals surface area contributed by atoms with E-state index < -0.39 is 0 Å². The molecule has 0 aromatic heterocycles. The summed E-state index contributed by atoms with van der Waals surface area (Å²) in [4.78, 5) is 11.7. The standard InChI is InChI=1S/C13H17ClFNO2/c1-18-7-6-12(9-14)16-13(17)8-10-2-4-11(15)5-3-10/h2-5,12H,6-9H2,1H3,(H,16,17). The Balaban J connectivity index is 2.42. The highest BCUT2D eigenvalue weighted by atomic mass is 35.5. The van der Waals surface area contributed by atoms with Gasteiger partial charge in [-0.15, -0.1) is 11.6 Å². The van der Waals surface area contributed by atoms with Gasteiger partial charge in [-0.05, 0) is 24.1 Å². The molecule has 1 aromatic rings. The summed E-state index contributed by atoms with van der Waals surface area (Å²) in [6.07, 6.45) is 0.899. The van der Waals surface area contributed by atoms with Crippen molar-refractivity contribution in [2.45, 2.75) is 18.9 Å². The molecule has 1 unspecified atom stereocenters. The van der Waals surface area contributed by atoms with Crippen LogP contribution in [0, 0.1) is 5.82 Å². The summed E-state index contributed by atoms with van der Waals surface area (Å²) in [5, 5.41) is 2.82. The van der Waals surface area contributed by atoms with Crippen LogP contribution in [-0.2, 0) is 16.0 Å². The molecule has 1 N–H and O–H groups in total. The molecule has 0 bridgehead atoms. The van der Waals surface area contributed by atoms with E-state index in [1.807, 2.05) is 0 Å². The highest BCUT2D eigenvalue weighted by Gasteiger charge is 2.11. The topological polar surface area (TPSA) is 38.3 Å². The van der Waals surface area contributed by atoms with Gasteiger partial charge >= 0.3 is 0 Å². The predicted octanol–water partition coefficient (Wildman–Crippen LogP) is 2.13. The highest BCUT2D eigenvalue weighted by molar-refractivity contribution is 6.18. The Morgan fingerprint density at radius 3 is 2.67 bits per heavy atom. The molecule has 0 spiro atoms. The van der Waals surface area contributed by atoms with Gasteiger partial charge < -0.3 is 10.1 Å². The van der Waals surface area contributed by atoms with Crippen LogP contribution in [0.4, 0.5) is 4.39 Å². The number of amides is 1. The van der Waals surface area contributed by atoms with Crippen LogP contribution < -0.4 is 5.32 Å². The van der Waals surface area contributed by atoms with Gasteiger partial charge in [0, 0.05) is 25.6 Å². The Bertz CT molecular complexity index is 370. The molecular formula is C13H17ClFNO2. The third-order valence-electron chi connectivity index (χ3n) is 2.50. The van der Waals surface area contributed by atoms with Crippen LogP contribution in [0.15, 0.2) is 24.3 Å². The van der Waals surface area contributed by atoms with Gasteiger partial charge in [0.05, 0.1) is 6.42 Å². The average Bonchev–Trinajstić information content (AvgIpc) is 2.37. The van der Waals surface area contributed by atoms with Crippen LogP contribution in [0.1, 0.15) is 12.0 Å². The SMILES string of the molecule is COCCC(CCl)NC(=O)Cc1ccc(F)cc1. The fraction of sp³-hybridized carbons (Fsp3) is 0.462. The van der Waals surface area contributed by atoms with Crippen molar-refractivity contribution in [3.8, 4) is 0 Å². The number of nitrogens with one attached hydrogen (secondary N) is 1. The lowest BCUT2D eigenvalue weighted by molar-refractivity contribution is -0.121. The van der Waals surface area contributed by atoms with Crippen LogP contribution in [0.3, 0.4) is 0 Å². The minimum absolute atomic E-state index is 0.0976. The molecule has 18 heavy (non-hydrogen) atoms. The fourth-order valence-electron chi connectivity index (χ4n) is 1.51. The van der Waals surface area contributed by atoms with Crippen molar-refractivity contribution < 1.29 is 13.9 Å². The number of alkyl halides is 1. The van der Waals surface area contributed by atoms with E-state index >= 15 is 0 Å². The van der Waals surface area contributed by atoms with Crippen LogP contribution in [0.5, 0.6) is 0 Å². The fourth-order valence-corrected chi connectivity index (χ4v) is 1.75. The summed E-state index contributed by atoms with van der Waals surface area (Å²) < 4.78 is 17.6. The molecule has 0 saturated heterocycles. The van der Waals surface area contributed by atoms with E-state index in [-0.39, 0.29) is 24.2 Å². The minimum Gasteiger partial charge on any atom is -0.385 e. The van der Waals surface area contributed by atoms with E-state index in [1.54, 1.807) is 19.2 Å². The third-order valence-corrected chi connectivity index (χ3v) is 2.87. The van der Waals surface area contributed by atoms with Crippen molar-refractivity contribution in [3.63, 3.8) is 0 Å². The van der Waals surface area contributed by atoms with Gasteiger partial charge in [0.2, 0.25) is 5.91 Å². The van der Waals surface area contributed by atoms with E-state index in [4.69, 9.17) is 16.3 Å². The predicted molar refractivity (Wildman–Crippen MR) is 69.2 cm³/mol. The first-order valence-corrected chi connectivity index (χ1v) is 6.28. The summed E-state index contributed by atoms with van der Waals surface area (Å²) >= 11 is 5.75. The van der Waals surface area contributed by atoms with E-state index in [2.05, 4.69) is 5.32 Å². The number of methoxy groups -OCH3 is 1. The zero-order valence-electron chi connectivity index (χ0n) is 10.3. The van der Waals surface area contributed by atoms with Crippen molar-refractivity contribution in [2.75, 3.05) is 19.6 Å². The second-order valence-electron chi connectivity index (χ2n) is 4.00. The molecule has 0 fully saturated rings. The zero-order valence-corrected chi connectivity index (χ0v) is 11.0. The van der Waals surface area contributed by atoms with Crippen molar-refractivity contribution in [1.82, 2.24) is 5.32 Å². The van der Waals surface area contributed by atoms with Crippen molar-refractivity contribution in [3.05, 3.63) is 35.6 Å². The van der Waals surface area contributed by atoms with E-state index in [0.717, 1.165) is 5.56 Å². The molecule has 1 atom stereocenters. The van der Waals surface area contributed by atoms with Gasteiger partial charge in [-0.2, -0.15) is 0 Å². The van der Waals surface area contributed by atoms with Crippen molar-refractivity contribution >= 4 is 17.5 Å². The van der Waals surface area contributed by atoms with Crippen LogP contribution >= 0.6 is 11.6 Å². The Morgan fingerprint density at radius 1 is 1.44 bits per heavy atom. The van der Waals surface area contributed by atoms with Crippen LogP contribution in [0.2, 0.25) is 0 Å². The molecular weight excluding hydrogens is 257 g/mol. The lowest BCUT2D eigenvalue weighted by Crippen LogP contribution is -2.37. The molecule has 1 aromatic carbocycles. The number of benzene rings is 1. The van der Waals surface area contributed by atoms with Gasteiger partial charge in [-0.25, -0.2) is 4.39 Å². The number of carbonyl (C=O) groups is 1. The van der Waals surface area contributed by atoms with Crippen molar-refractivity contribution in [1.29, 1.82) is 0 Å². The van der Waals surface area contributed by atoms with Gasteiger partial charge in [0.1, 0.15) is 5.82 Å². The normalized spacial score (nSPS) is 12.2. The first-order chi connectivity index (χ1) is 8.65. The van der Waals surface area contributed by atoms with Crippen LogP contribution in [-0.4, -0.2) is 31.5 Å². The average molecular weight is 274 g/mol. The smallest absolute Gasteiger partial charge is 0.224 e. The summed E-state index contributed by atoms with van der Waals surface area (Å²) in [5.74, 6) is -0.0836. The zero-order chi connectivity index (χ0) is 13.4. The number of hydrogen-bond acceptors (Lipinski definition) is 2. The molecule has 5 heteroatoms. The number of ether oxygens (including phenoxy) is 1. The van der Waals surface area contributed by atoms with E-state index in [1.165, 1.54) is 12.1 Å². The number of hydrogen-bond donors (Lipinski definition) is 1. The lowest BCUT2D eigenvalue weighted by Gasteiger charge is -2.15. The molecule has 0 saturated carbocycles. The van der Waals surface area contributed by atoms with Crippen LogP contribution in [0.25, 0.3) is 0 Å². The minimum atomic E-state index is -0.308. The molecule has 100 valence electrons. The Labute approximate surface area is 111 Å². The molecule has 3 nitrogen and oxygen atoms in total. The Kier molecular flexibility index (Phi) is 6.68. The number of rotatable bonds is 7. The quantitative estimate of drug-likeness (QED) is 0.773. The molecule has 0 aliphatic rings. The lowest BCUT2D eigenvalue weighted by atomic mass is 10.1. The summed E-state index contributed by atoms with van der Waals surface area (Å²) in [6, 6.07) is 5.78. The maximum atomic E-state index is 12.7. The maximum absolute atomic E-state index is 12.7. The summed E-state index contributed by atoms with van der Waals surface area (Å²) in [5.41, 5.74) is 0.772. The molecule has 1 amide bonds. The molecule has 0 radical (unpaired) electrons. The Hall–Kier alpha value is -1.13. The number of carbonyl (C=O) groups excluding carboxylic acids is 1. The molecule has 0 heterocycles. The molecule has 0 aliphatic heterocycles. The van der Waals surface area contributed by atoms with Gasteiger partial charge in [0.15, 0.2) is 0 Å². The van der Waals surface area contributed by atoms with Gasteiger partial charge in [-0.1, -0.05) is 12.1 Å². The largest absolute Gasteiger partial charge is 0.385 e. The van der Waals surface area contributed by atoms with Gasteiger partial charge in [-0.3, -0.25) is 4.79 Å². The highest BCUT2D eigenvalue weighted by Crippen LogP contribution is 2.04. The first kappa shape index (κ1) is 14.9. The van der Waals surface area contributed by atoms with Gasteiger partial charge in [0.25, 0.3) is 0 Å². The second kappa shape index (κ2) is 8.06. The van der Waals surface area contributed by atoms with E-state index in [9.17, 15) is 9.18 Å². The summed E-state index contributed by atoms with van der Waals surface area (Å²) in [7, 11) is 1.60.